The lowest BCUT2D eigenvalue weighted by molar-refractivity contribution is 0.103. The normalized spacial score (nSPS) is 20.2. The van der Waals surface area contributed by atoms with Gasteiger partial charge in [-0.05, 0) is 24.6 Å². The number of ether oxygens (including phenoxy) is 2. The van der Waals surface area contributed by atoms with Gasteiger partial charge in [-0.25, -0.2) is 9.18 Å². The molecule has 0 spiro atoms. The summed E-state index contributed by atoms with van der Waals surface area (Å²) in [5.41, 5.74) is 0.480. The van der Waals surface area contributed by atoms with Crippen molar-refractivity contribution in [2.24, 2.45) is 0 Å². The van der Waals surface area contributed by atoms with Crippen LogP contribution < -0.4 is 10.1 Å². The molecule has 0 bridgehead atoms. The molecule has 1 aromatic rings. The first-order valence-corrected chi connectivity index (χ1v) is 5.61. The van der Waals surface area contributed by atoms with E-state index in [4.69, 9.17) is 9.47 Å². The zero-order chi connectivity index (χ0) is 13.1. The van der Waals surface area contributed by atoms with E-state index in [-0.39, 0.29) is 12.4 Å². The molecule has 18 heavy (non-hydrogen) atoms. The van der Waals surface area contributed by atoms with Crippen molar-refractivity contribution in [3.05, 3.63) is 29.6 Å². The van der Waals surface area contributed by atoms with Gasteiger partial charge in [0, 0.05) is 0 Å². The van der Waals surface area contributed by atoms with Gasteiger partial charge in [0.15, 0.2) is 17.7 Å². The van der Waals surface area contributed by atoms with E-state index in [1.54, 1.807) is 13.0 Å². The van der Waals surface area contributed by atoms with Crippen molar-refractivity contribution in [1.29, 1.82) is 0 Å². The molecule has 1 amide bonds. The van der Waals surface area contributed by atoms with Gasteiger partial charge in [-0.1, -0.05) is 6.07 Å². The fourth-order valence-electron chi connectivity index (χ4n) is 1.60. The SMILES string of the molecule is CC(O)c1ccc(OCC2CNC(=O)O2)c(F)c1. The highest BCUT2D eigenvalue weighted by molar-refractivity contribution is 5.69. The Balaban J connectivity index is 1.95. The van der Waals surface area contributed by atoms with Crippen LogP contribution >= 0.6 is 0 Å². The summed E-state index contributed by atoms with van der Waals surface area (Å²) in [7, 11) is 0. The van der Waals surface area contributed by atoms with Crippen LogP contribution in [0.3, 0.4) is 0 Å². The highest BCUT2D eigenvalue weighted by Gasteiger charge is 2.23. The molecule has 1 fully saturated rings. The summed E-state index contributed by atoms with van der Waals surface area (Å²) < 4.78 is 23.7. The predicted octanol–water partition coefficient (Wildman–Crippen LogP) is 1.37. The Morgan fingerprint density at radius 2 is 2.44 bits per heavy atom. The number of amides is 1. The Morgan fingerprint density at radius 3 is 3.00 bits per heavy atom. The second-order valence-electron chi connectivity index (χ2n) is 4.09. The zero-order valence-corrected chi connectivity index (χ0v) is 9.85. The summed E-state index contributed by atoms with van der Waals surface area (Å²) in [6, 6.07) is 4.25. The summed E-state index contributed by atoms with van der Waals surface area (Å²) in [6.45, 7) is 1.99. The van der Waals surface area contributed by atoms with Crippen molar-refractivity contribution in [1.82, 2.24) is 5.32 Å². The monoisotopic (exact) mass is 255 g/mol. The number of carbonyl (C=O) groups is 1. The maximum Gasteiger partial charge on any atom is 0.407 e. The number of cyclic esters (lactones) is 1. The predicted molar refractivity (Wildman–Crippen MR) is 60.8 cm³/mol. The molecule has 5 nitrogen and oxygen atoms in total. The number of aliphatic hydroxyl groups is 1. The lowest BCUT2D eigenvalue weighted by atomic mass is 10.1. The van der Waals surface area contributed by atoms with Crippen molar-refractivity contribution in [3.8, 4) is 5.75 Å². The number of benzene rings is 1. The molecule has 0 aromatic heterocycles. The smallest absolute Gasteiger partial charge is 0.407 e. The summed E-state index contributed by atoms with van der Waals surface area (Å²) >= 11 is 0. The lowest BCUT2D eigenvalue weighted by Gasteiger charge is -2.12. The number of hydrogen-bond acceptors (Lipinski definition) is 4. The summed E-state index contributed by atoms with van der Waals surface area (Å²) in [4.78, 5) is 10.8. The Hall–Kier alpha value is -1.82. The van der Waals surface area contributed by atoms with E-state index in [0.29, 0.717) is 12.1 Å². The van der Waals surface area contributed by atoms with Crippen LogP contribution in [0.25, 0.3) is 0 Å². The molecule has 1 heterocycles. The topological polar surface area (TPSA) is 67.8 Å². The average molecular weight is 255 g/mol. The minimum Gasteiger partial charge on any atom is -0.487 e. The van der Waals surface area contributed by atoms with E-state index >= 15 is 0 Å². The number of halogens is 1. The third kappa shape index (κ3) is 2.89. The molecule has 2 unspecified atom stereocenters. The number of hydrogen-bond donors (Lipinski definition) is 2. The Kier molecular flexibility index (Phi) is 3.66. The van der Waals surface area contributed by atoms with E-state index in [9.17, 15) is 14.3 Å². The first-order valence-electron chi connectivity index (χ1n) is 5.61. The number of nitrogens with one attached hydrogen (secondary N) is 1. The zero-order valence-electron chi connectivity index (χ0n) is 9.85. The maximum absolute atomic E-state index is 13.6. The van der Waals surface area contributed by atoms with Crippen LogP contribution in [0.4, 0.5) is 9.18 Å². The van der Waals surface area contributed by atoms with Crippen LogP contribution in [0.2, 0.25) is 0 Å². The Morgan fingerprint density at radius 1 is 1.67 bits per heavy atom. The fourth-order valence-corrected chi connectivity index (χ4v) is 1.60. The van der Waals surface area contributed by atoms with Crippen LogP contribution in [0.1, 0.15) is 18.6 Å². The van der Waals surface area contributed by atoms with Gasteiger partial charge in [0.1, 0.15) is 6.61 Å². The molecule has 1 saturated heterocycles. The first kappa shape index (κ1) is 12.6. The highest BCUT2D eigenvalue weighted by atomic mass is 19.1. The second kappa shape index (κ2) is 5.22. The van der Waals surface area contributed by atoms with Gasteiger partial charge in [-0.15, -0.1) is 0 Å². The van der Waals surface area contributed by atoms with Crippen LogP contribution in [-0.4, -0.2) is 30.5 Å². The second-order valence-corrected chi connectivity index (χ2v) is 4.09. The number of alkyl carbamates (subject to hydrolysis) is 1. The van der Waals surface area contributed by atoms with E-state index in [1.165, 1.54) is 12.1 Å². The van der Waals surface area contributed by atoms with Gasteiger partial charge in [-0.2, -0.15) is 0 Å². The third-order valence-corrected chi connectivity index (χ3v) is 2.61. The molecule has 2 atom stereocenters. The van der Waals surface area contributed by atoms with Crippen LogP contribution in [-0.2, 0) is 4.74 Å². The van der Waals surface area contributed by atoms with Crippen LogP contribution in [0, 0.1) is 5.82 Å². The van der Waals surface area contributed by atoms with Gasteiger partial charge in [0.25, 0.3) is 0 Å². The van der Waals surface area contributed by atoms with Crippen molar-refractivity contribution in [2.75, 3.05) is 13.2 Å². The van der Waals surface area contributed by atoms with Gasteiger partial charge in [-0.3, -0.25) is 0 Å². The van der Waals surface area contributed by atoms with Gasteiger partial charge < -0.3 is 19.9 Å². The van der Waals surface area contributed by atoms with E-state index < -0.39 is 24.1 Å². The molecule has 6 heteroatoms. The third-order valence-electron chi connectivity index (χ3n) is 2.61. The molecule has 1 aliphatic heterocycles. The van der Waals surface area contributed by atoms with Gasteiger partial charge >= 0.3 is 6.09 Å². The Labute approximate surface area is 104 Å². The molecular weight excluding hydrogens is 241 g/mol. The number of aliphatic hydroxyl groups excluding tert-OH is 1. The van der Waals surface area contributed by atoms with E-state index in [2.05, 4.69) is 5.32 Å². The van der Waals surface area contributed by atoms with Crippen LogP contribution in [0.15, 0.2) is 18.2 Å². The molecule has 1 aromatic carbocycles. The van der Waals surface area contributed by atoms with Crippen molar-refractivity contribution >= 4 is 6.09 Å². The highest BCUT2D eigenvalue weighted by Crippen LogP contribution is 2.22. The van der Waals surface area contributed by atoms with Gasteiger partial charge in [0.2, 0.25) is 0 Å². The minimum absolute atomic E-state index is 0.0716. The van der Waals surface area contributed by atoms with Crippen molar-refractivity contribution in [2.45, 2.75) is 19.1 Å². The van der Waals surface area contributed by atoms with Crippen molar-refractivity contribution in [3.63, 3.8) is 0 Å². The molecule has 98 valence electrons. The van der Waals surface area contributed by atoms with E-state index in [0.717, 1.165) is 0 Å². The standard InChI is InChI=1S/C12H14FNO4/c1-7(15)8-2-3-11(10(13)4-8)17-6-9-5-14-12(16)18-9/h2-4,7,9,15H,5-6H2,1H3,(H,14,16). The Bertz CT molecular complexity index is 450. The fraction of sp³-hybridized carbons (Fsp3) is 0.417. The molecule has 2 N–H and O–H groups in total. The molecule has 1 aliphatic rings. The summed E-state index contributed by atoms with van der Waals surface area (Å²) in [5.74, 6) is -0.479. The molecular formula is C12H14FNO4. The largest absolute Gasteiger partial charge is 0.487 e. The van der Waals surface area contributed by atoms with Gasteiger partial charge in [0.05, 0.1) is 12.6 Å². The average Bonchev–Trinajstić information content (AvgIpc) is 2.73. The number of rotatable bonds is 4. The van der Waals surface area contributed by atoms with E-state index in [1.807, 2.05) is 0 Å². The quantitative estimate of drug-likeness (QED) is 0.852. The minimum atomic E-state index is -0.728. The molecule has 0 aliphatic carbocycles. The summed E-state index contributed by atoms with van der Waals surface area (Å²) in [6.07, 6.45) is -1.63. The van der Waals surface area contributed by atoms with Crippen molar-refractivity contribution < 1.29 is 23.8 Å². The number of carbonyl (C=O) groups excluding carboxylic acids is 1. The summed E-state index contributed by atoms with van der Waals surface area (Å²) in [5, 5.41) is 11.8. The lowest BCUT2D eigenvalue weighted by Crippen LogP contribution is -2.22. The first-order chi connectivity index (χ1) is 8.56. The molecule has 0 radical (unpaired) electrons. The van der Waals surface area contributed by atoms with Crippen LogP contribution in [0.5, 0.6) is 5.75 Å². The maximum atomic E-state index is 13.6. The molecule has 0 saturated carbocycles. The molecule has 2 rings (SSSR count).